The molecule has 0 aliphatic carbocycles. The number of rotatable bonds is 9. The van der Waals surface area contributed by atoms with Crippen molar-refractivity contribution in [3.8, 4) is 11.4 Å². The van der Waals surface area contributed by atoms with Crippen LogP contribution in [0.2, 0.25) is 0 Å². The lowest BCUT2D eigenvalue weighted by Crippen LogP contribution is -2.37. The highest BCUT2D eigenvalue weighted by Gasteiger charge is 2.24. The first-order valence-corrected chi connectivity index (χ1v) is 12.0. The van der Waals surface area contributed by atoms with Crippen molar-refractivity contribution in [1.82, 2.24) is 19.5 Å². The van der Waals surface area contributed by atoms with Crippen LogP contribution in [0.1, 0.15) is 5.56 Å². The van der Waals surface area contributed by atoms with Gasteiger partial charge in [-0.05, 0) is 48.9 Å². The molecule has 10 heteroatoms. The summed E-state index contributed by atoms with van der Waals surface area (Å²) >= 11 is 0. The number of benzene rings is 2. The van der Waals surface area contributed by atoms with Gasteiger partial charge in [0.15, 0.2) is 17.0 Å². The van der Waals surface area contributed by atoms with Crippen molar-refractivity contribution in [2.75, 3.05) is 69.2 Å². The number of aromatic nitrogens is 4. The Balaban J connectivity index is 1.63. The average Bonchev–Trinajstić information content (AvgIpc) is 3.26. The van der Waals surface area contributed by atoms with E-state index < -0.39 is 0 Å². The molecule has 0 bridgehead atoms. The minimum atomic E-state index is 0.492. The maximum atomic E-state index is 5.76. The van der Waals surface area contributed by atoms with E-state index in [0.717, 1.165) is 47.1 Å². The Morgan fingerprint density at radius 3 is 2.53 bits per heavy atom. The summed E-state index contributed by atoms with van der Waals surface area (Å²) in [6.07, 6.45) is 0. The summed E-state index contributed by atoms with van der Waals surface area (Å²) in [7, 11) is 3.48. The second kappa shape index (κ2) is 10.8. The van der Waals surface area contributed by atoms with Crippen LogP contribution in [0.3, 0.4) is 0 Å². The van der Waals surface area contributed by atoms with E-state index in [1.165, 1.54) is 0 Å². The molecule has 3 heterocycles. The molecule has 10 nitrogen and oxygen atoms in total. The van der Waals surface area contributed by atoms with Crippen LogP contribution in [0, 0.1) is 6.92 Å². The molecule has 1 aliphatic rings. The molecule has 0 amide bonds. The number of nitrogens with one attached hydrogen (secondary N) is 2. The summed E-state index contributed by atoms with van der Waals surface area (Å²) < 4.78 is 18.4. The van der Waals surface area contributed by atoms with Gasteiger partial charge in [-0.2, -0.15) is 9.97 Å². The Hall–Kier alpha value is -3.89. The highest BCUT2D eigenvalue weighted by molar-refractivity contribution is 5.89. The summed E-state index contributed by atoms with van der Waals surface area (Å²) in [6.45, 7) is 5.89. The van der Waals surface area contributed by atoms with Crippen LogP contribution in [0.4, 0.5) is 23.4 Å². The van der Waals surface area contributed by atoms with Gasteiger partial charge in [0.2, 0.25) is 11.9 Å². The maximum absolute atomic E-state index is 5.76. The first kappa shape index (κ1) is 23.8. The second-order valence-corrected chi connectivity index (χ2v) is 8.49. The SMILES string of the molecule is CNc1nc(N2CCOCC2)c2nc(Nc3cccc(C)c3)n(-c3ccc(OCCOC)cc3)c2n1. The number of anilines is 4. The Bertz CT molecular complexity index is 1320. The Morgan fingerprint density at radius 1 is 1.00 bits per heavy atom. The molecule has 2 N–H and O–H groups in total. The largest absolute Gasteiger partial charge is 0.491 e. The summed E-state index contributed by atoms with van der Waals surface area (Å²) in [5.41, 5.74) is 4.44. The van der Waals surface area contributed by atoms with Gasteiger partial charge >= 0.3 is 0 Å². The lowest BCUT2D eigenvalue weighted by molar-refractivity contribution is 0.122. The molecule has 1 saturated heterocycles. The molecule has 0 atom stereocenters. The number of imidazole rings is 1. The normalized spacial score (nSPS) is 13.7. The monoisotopic (exact) mass is 489 g/mol. The van der Waals surface area contributed by atoms with Crippen molar-refractivity contribution in [1.29, 1.82) is 0 Å². The fraction of sp³-hybridized carbons (Fsp3) is 0.346. The first-order valence-electron chi connectivity index (χ1n) is 12.0. The van der Waals surface area contributed by atoms with Crippen LogP contribution in [0.5, 0.6) is 5.75 Å². The van der Waals surface area contributed by atoms with Crippen LogP contribution < -0.4 is 20.3 Å². The predicted octanol–water partition coefficient (Wildman–Crippen LogP) is 3.77. The van der Waals surface area contributed by atoms with Gasteiger partial charge in [0, 0.05) is 32.9 Å². The predicted molar refractivity (Wildman–Crippen MR) is 141 cm³/mol. The summed E-state index contributed by atoms with van der Waals surface area (Å²) in [6, 6.07) is 16.1. The van der Waals surface area contributed by atoms with E-state index in [9.17, 15) is 0 Å². The number of aryl methyl sites for hydroxylation is 1. The number of ether oxygens (including phenoxy) is 3. The van der Waals surface area contributed by atoms with Gasteiger partial charge in [0.05, 0.1) is 25.5 Å². The lowest BCUT2D eigenvalue weighted by atomic mass is 10.2. The van der Waals surface area contributed by atoms with Crippen LogP contribution in [0.15, 0.2) is 48.5 Å². The van der Waals surface area contributed by atoms with Crippen molar-refractivity contribution < 1.29 is 14.2 Å². The van der Waals surface area contributed by atoms with Gasteiger partial charge < -0.3 is 29.7 Å². The average molecular weight is 490 g/mol. The topological polar surface area (TPSA) is 98.6 Å². The number of methoxy groups -OCH3 is 1. The molecule has 0 spiro atoms. The van der Waals surface area contributed by atoms with Gasteiger partial charge in [0.1, 0.15) is 12.4 Å². The number of nitrogens with zero attached hydrogens (tertiary/aromatic N) is 5. The first-order chi connectivity index (χ1) is 17.7. The summed E-state index contributed by atoms with van der Waals surface area (Å²) in [5.74, 6) is 2.75. The van der Waals surface area contributed by atoms with Crippen molar-refractivity contribution in [3.05, 3.63) is 54.1 Å². The Labute approximate surface area is 210 Å². The molecule has 4 aromatic rings. The van der Waals surface area contributed by atoms with Gasteiger partial charge in [-0.1, -0.05) is 12.1 Å². The molecular weight excluding hydrogens is 458 g/mol. The minimum absolute atomic E-state index is 0.492. The third kappa shape index (κ3) is 5.05. The number of fused-ring (bicyclic) bond motifs is 1. The molecule has 2 aromatic heterocycles. The zero-order valence-electron chi connectivity index (χ0n) is 20.8. The van der Waals surface area contributed by atoms with E-state index in [4.69, 9.17) is 29.2 Å². The summed E-state index contributed by atoms with van der Waals surface area (Å²) in [5, 5.41) is 6.61. The number of hydrogen-bond donors (Lipinski definition) is 2. The number of hydrogen-bond acceptors (Lipinski definition) is 9. The quantitative estimate of drug-likeness (QED) is 0.340. The van der Waals surface area contributed by atoms with Crippen LogP contribution in [-0.2, 0) is 9.47 Å². The number of morpholine rings is 1. The zero-order valence-corrected chi connectivity index (χ0v) is 20.8. The van der Waals surface area contributed by atoms with Crippen LogP contribution >= 0.6 is 0 Å². The van der Waals surface area contributed by atoms with E-state index in [1.807, 2.05) is 48.0 Å². The zero-order chi connectivity index (χ0) is 24.9. The van der Waals surface area contributed by atoms with Crippen molar-refractivity contribution >= 4 is 34.6 Å². The maximum Gasteiger partial charge on any atom is 0.226 e. The third-order valence-electron chi connectivity index (χ3n) is 5.95. The molecule has 0 unspecified atom stereocenters. The van der Waals surface area contributed by atoms with Crippen molar-refractivity contribution in [3.63, 3.8) is 0 Å². The minimum Gasteiger partial charge on any atom is -0.491 e. The van der Waals surface area contributed by atoms with E-state index >= 15 is 0 Å². The molecule has 2 aromatic carbocycles. The third-order valence-corrected chi connectivity index (χ3v) is 5.95. The highest BCUT2D eigenvalue weighted by atomic mass is 16.5. The molecule has 5 rings (SSSR count). The van der Waals surface area contributed by atoms with Gasteiger partial charge in [-0.25, -0.2) is 4.98 Å². The second-order valence-electron chi connectivity index (χ2n) is 8.49. The van der Waals surface area contributed by atoms with Crippen LogP contribution in [0.25, 0.3) is 16.9 Å². The molecule has 0 radical (unpaired) electrons. The smallest absolute Gasteiger partial charge is 0.226 e. The molecule has 1 fully saturated rings. The van der Waals surface area contributed by atoms with Crippen molar-refractivity contribution in [2.45, 2.75) is 6.92 Å². The van der Waals surface area contributed by atoms with Crippen LogP contribution in [-0.4, -0.2) is 73.2 Å². The van der Waals surface area contributed by atoms with Gasteiger partial charge in [-0.15, -0.1) is 0 Å². The molecular formula is C26H31N7O3. The molecule has 1 aliphatic heterocycles. The highest BCUT2D eigenvalue weighted by Crippen LogP contribution is 2.32. The van der Waals surface area contributed by atoms with Crippen molar-refractivity contribution in [2.24, 2.45) is 0 Å². The lowest BCUT2D eigenvalue weighted by Gasteiger charge is -2.28. The van der Waals surface area contributed by atoms with Gasteiger partial charge in [0.25, 0.3) is 0 Å². The van der Waals surface area contributed by atoms with E-state index in [1.54, 1.807) is 7.11 Å². The summed E-state index contributed by atoms with van der Waals surface area (Å²) in [4.78, 5) is 16.8. The Kier molecular flexibility index (Phi) is 7.15. The molecule has 36 heavy (non-hydrogen) atoms. The van der Waals surface area contributed by atoms with E-state index in [2.05, 4.69) is 34.6 Å². The van der Waals surface area contributed by atoms with E-state index in [-0.39, 0.29) is 0 Å². The standard InChI is InChI=1S/C26H31N7O3/c1-18-5-4-6-19(17-18)28-26-29-22-23(32-11-13-35-14-12-32)30-25(27-2)31-24(22)33(26)20-7-9-21(10-8-20)36-16-15-34-3/h4-10,17H,11-16H2,1-3H3,(H,28,29)(H,27,30,31). The Morgan fingerprint density at radius 2 is 1.81 bits per heavy atom. The molecule has 188 valence electrons. The fourth-order valence-corrected chi connectivity index (χ4v) is 4.17. The van der Waals surface area contributed by atoms with E-state index in [0.29, 0.717) is 44.0 Å². The fourth-order valence-electron chi connectivity index (χ4n) is 4.17. The molecule has 0 saturated carbocycles. The van der Waals surface area contributed by atoms with Gasteiger partial charge in [-0.3, -0.25) is 4.57 Å².